The van der Waals surface area contributed by atoms with Crippen molar-refractivity contribution in [3.63, 3.8) is 0 Å². The van der Waals surface area contributed by atoms with Crippen molar-refractivity contribution in [2.24, 2.45) is 0 Å². The van der Waals surface area contributed by atoms with Crippen molar-refractivity contribution in [3.05, 3.63) is 17.0 Å². The van der Waals surface area contributed by atoms with Crippen molar-refractivity contribution < 1.29 is 9.59 Å². The molecule has 2 N–H and O–H groups in total. The lowest BCUT2D eigenvalue weighted by Gasteiger charge is -2.35. The van der Waals surface area contributed by atoms with E-state index in [0.717, 1.165) is 37.3 Å². The Labute approximate surface area is 147 Å². The lowest BCUT2D eigenvalue weighted by Crippen LogP contribution is -2.52. The Morgan fingerprint density at radius 1 is 1.00 bits per heavy atom. The van der Waals surface area contributed by atoms with Gasteiger partial charge in [0.05, 0.1) is 6.54 Å². The van der Waals surface area contributed by atoms with Crippen LogP contribution in [0.2, 0.25) is 0 Å². The minimum Gasteiger partial charge on any atom is -0.338 e. The number of hydrogen-bond donors (Lipinski definition) is 2. The molecule has 4 rings (SSSR count). The van der Waals surface area contributed by atoms with Crippen LogP contribution in [0.25, 0.3) is 0 Å². The number of amides is 2. The first-order valence-corrected chi connectivity index (χ1v) is 9.28. The van der Waals surface area contributed by atoms with Crippen LogP contribution < -0.4 is 5.32 Å². The minimum absolute atomic E-state index is 0.0205. The summed E-state index contributed by atoms with van der Waals surface area (Å²) in [5, 5.41) is 10.6. The molecule has 0 atom stereocenters. The number of H-pyrrole nitrogens is 1. The third-order valence-electron chi connectivity index (χ3n) is 5.49. The second-order valence-corrected chi connectivity index (χ2v) is 7.11. The number of fused-ring (bicyclic) bond motifs is 1. The fraction of sp³-hybridized carbons (Fsp3) is 0.706. The quantitative estimate of drug-likeness (QED) is 0.766. The molecule has 2 saturated heterocycles. The summed E-state index contributed by atoms with van der Waals surface area (Å²) in [6, 6.07) is 0. The van der Waals surface area contributed by atoms with Gasteiger partial charge in [0, 0.05) is 56.9 Å². The van der Waals surface area contributed by atoms with Crippen LogP contribution in [0, 0.1) is 0 Å². The van der Waals surface area contributed by atoms with Crippen LogP contribution in [0.15, 0.2) is 0 Å². The van der Waals surface area contributed by atoms with Gasteiger partial charge in [-0.05, 0) is 25.9 Å². The molecule has 0 saturated carbocycles. The molecule has 2 amide bonds. The Morgan fingerprint density at radius 3 is 2.48 bits per heavy atom. The molecule has 1 aromatic heterocycles. The smallest absolute Gasteiger partial charge is 0.274 e. The second-order valence-electron chi connectivity index (χ2n) is 7.11. The topological polar surface area (TPSA) is 84.6 Å². The maximum absolute atomic E-state index is 12.8. The number of piperazine rings is 1. The van der Waals surface area contributed by atoms with Gasteiger partial charge in [-0.2, -0.15) is 5.10 Å². The van der Waals surface area contributed by atoms with E-state index in [-0.39, 0.29) is 11.8 Å². The molecule has 0 unspecified atom stereocenters. The lowest BCUT2D eigenvalue weighted by atomic mass is 10.1. The van der Waals surface area contributed by atoms with Gasteiger partial charge in [0.25, 0.3) is 5.91 Å². The van der Waals surface area contributed by atoms with Crippen molar-refractivity contribution in [2.75, 3.05) is 52.4 Å². The standard InChI is InChI=1S/C17H26N6O2/c24-15(12-21-5-1-2-6-21)22-7-9-23(10-8-22)17(25)16-13-11-18-4-3-14(13)19-20-16/h18H,1-12H2,(H,19,20). The Bertz CT molecular complexity index is 644. The van der Waals surface area contributed by atoms with Crippen LogP contribution in [0.1, 0.15) is 34.6 Å². The minimum atomic E-state index is -0.0205. The maximum atomic E-state index is 12.8. The van der Waals surface area contributed by atoms with E-state index < -0.39 is 0 Å². The molecule has 3 aliphatic rings. The van der Waals surface area contributed by atoms with Gasteiger partial charge in [-0.15, -0.1) is 0 Å². The lowest BCUT2D eigenvalue weighted by molar-refractivity contribution is -0.133. The fourth-order valence-electron chi connectivity index (χ4n) is 3.94. The predicted molar refractivity (Wildman–Crippen MR) is 92.2 cm³/mol. The first-order valence-electron chi connectivity index (χ1n) is 9.28. The van der Waals surface area contributed by atoms with Crippen molar-refractivity contribution in [1.29, 1.82) is 0 Å². The van der Waals surface area contributed by atoms with Gasteiger partial charge in [-0.3, -0.25) is 19.6 Å². The average Bonchev–Trinajstić information content (AvgIpc) is 3.31. The molecule has 2 fully saturated rings. The summed E-state index contributed by atoms with van der Waals surface area (Å²) >= 11 is 0. The molecule has 0 bridgehead atoms. The van der Waals surface area contributed by atoms with E-state index in [0.29, 0.717) is 45.0 Å². The molecule has 25 heavy (non-hydrogen) atoms. The second kappa shape index (κ2) is 7.13. The zero-order valence-corrected chi connectivity index (χ0v) is 14.6. The summed E-state index contributed by atoms with van der Waals surface area (Å²) in [7, 11) is 0. The van der Waals surface area contributed by atoms with Crippen LogP contribution in [0.3, 0.4) is 0 Å². The number of hydrogen-bond acceptors (Lipinski definition) is 5. The van der Waals surface area contributed by atoms with Gasteiger partial charge >= 0.3 is 0 Å². The van der Waals surface area contributed by atoms with Crippen molar-refractivity contribution >= 4 is 11.8 Å². The summed E-state index contributed by atoms with van der Waals surface area (Å²) in [6.07, 6.45) is 3.27. The molecule has 4 heterocycles. The zero-order chi connectivity index (χ0) is 17.2. The summed E-state index contributed by atoms with van der Waals surface area (Å²) in [5.74, 6) is 0.170. The van der Waals surface area contributed by atoms with Gasteiger partial charge in [0.15, 0.2) is 5.69 Å². The molecule has 3 aliphatic heterocycles. The molecule has 8 heteroatoms. The van der Waals surface area contributed by atoms with Crippen molar-refractivity contribution in [3.8, 4) is 0 Å². The summed E-state index contributed by atoms with van der Waals surface area (Å²) in [5.41, 5.74) is 2.62. The number of aromatic nitrogens is 2. The highest BCUT2D eigenvalue weighted by Crippen LogP contribution is 2.18. The first-order chi connectivity index (χ1) is 12.2. The van der Waals surface area contributed by atoms with Crippen LogP contribution in [-0.4, -0.2) is 89.1 Å². The molecule has 8 nitrogen and oxygen atoms in total. The average molecular weight is 346 g/mol. The van der Waals surface area contributed by atoms with Crippen molar-refractivity contribution in [1.82, 2.24) is 30.2 Å². The third kappa shape index (κ3) is 3.41. The molecule has 0 radical (unpaired) electrons. The number of aromatic amines is 1. The van der Waals surface area contributed by atoms with E-state index in [1.54, 1.807) is 0 Å². The number of nitrogens with zero attached hydrogens (tertiary/aromatic N) is 4. The molecule has 1 aromatic rings. The van der Waals surface area contributed by atoms with Gasteiger partial charge < -0.3 is 15.1 Å². The molecule has 0 spiro atoms. The summed E-state index contributed by atoms with van der Waals surface area (Å²) in [6.45, 7) is 6.59. The Kier molecular flexibility index (Phi) is 4.72. The van der Waals surface area contributed by atoms with E-state index in [2.05, 4.69) is 20.4 Å². The normalized spacial score (nSPS) is 21.4. The van der Waals surface area contributed by atoms with E-state index in [1.807, 2.05) is 9.80 Å². The number of rotatable bonds is 3. The number of carbonyl (C=O) groups is 2. The van der Waals surface area contributed by atoms with E-state index >= 15 is 0 Å². The molecule has 0 aliphatic carbocycles. The first kappa shape index (κ1) is 16.5. The molecular weight excluding hydrogens is 320 g/mol. The molecular formula is C17H26N6O2. The number of nitrogens with one attached hydrogen (secondary N) is 2. The van der Waals surface area contributed by atoms with Gasteiger partial charge in [-0.25, -0.2) is 0 Å². The Morgan fingerprint density at radius 2 is 1.72 bits per heavy atom. The third-order valence-corrected chi connectivity index (χ3v) is 5.49. The maximum Gasteiger partial charge on any atom is 0.274 e. The predicted octanol–water partition coefficient (Wildman–Crippen LogP) is -0.564. The highest BCUT2D eigenvalue weighted by molar-refractivity contribution is 5.94. The summed E-state index contributed by atoms with van der Waals surface area (Å²) < 4.78 is 0. The number of likely N-dealkylation sites (tertiary alicyclic amines) is 1. The summed E-state index contributed by atoms with van der Waals surface area (Å²) in [4.78, 5) is 31.1. The monoisotopic (exact) mass is 346 g/mol. The molecule has 0 aromatic carbocycles. The highest BCUT2D eigenvalue weighted by Gasteiger charge is 2.29. The van der Waals surface area contributed by atoms with E-state index in [9.17, 15) is 9.59 Å². The Hall–Kier alpha value is -1.93. The fourth-order valence-corrected chi connectivity index (χ4v) is 3.94. The van der Waals surface area contributed by atoms with Crippen LogP contribution in [0.4, 0.5) is 0 Å². The van der Waals surface area contributed by atoms with E-state index in [4.69, 9.17) is 0 Å². The van der Waals surface area contributed by atoms with Crippen molar-refractivity contribution in [2.45, 2.75) is 25.8 Å². The van der Waals surface area contributed by atoms with Gasteiger partial charge in [-0.1, -0.05) is 0 Å². The number of carbonyl (C=O) groups excluding carboxylic acids is 2. The van der Waals surface area contributed by atoms with Gasteiger partial charge in [0.1, 0.15) is 0 Å². The molecule has 136 valence electrons. The SMILES string of the molecule is O=C(CN1CCCC1)N1CCN(C(=O)c2n[nH]c3c2CNCC3)CC1. The van der Waals surface area contributed by atoms with E-state index in [1.165, 1.54) is 12.8 Å². The van der Waals surface area contributed by atoms with Crippen LogP contribution in [-0.2, 0) is 17.8 Å². The zero-order valence-electron chi connectivity index (χ0n) is 14.6. The van der Waals surface area contributed by atoms with Crippen LogP contribution in [0.5, 0.6) is 0 Å². The Balaban J connectivity index is 1.33. The van der Waals surface area contributed by atoms with Crippen LogP contribution >= 0.6 is 0 Å². The van der Waals surface area contributed by atoms with Gasteiger partial charge in [0.2, 0.25) is 5.91 Å². The highest BCUT2D eigenvalue weighted by atomic mass is 16.2. The largest absolute Gasteiger partial charge is 0.338 e.